The molecule has 0 saturated carbocycles. The highest BCUT2D eigenvalue weighted by Gasteiger charge is 2.09. The number of nitrogens with zero attached hydrogens (tertiary/aromatic N) is 1. The Morgan fingerprint density at radius 2 is 2.00 bits per heavy atom. The molecule has 2 rings (SSSR count). The van der Waals surface area contributed by atoms with Crippen LogP contribution in [0, 0.1) is 0 Å². The lowest BCUT2D eigenvalue weighted by molar-refractivity contribution is 0.422. The number of aromatic nitrogens is 1. The summed E-state index contributed by atoms with van der Waals surface area (Å²) in [5.41, 5.74) is 1.18. The van der Waals surface area contributed by atoms with Gasteiger partial charge < -0.3 is 10.1 Å². The number of halogens is 2. The first-order valence-electron chi connectivity index (χ1n) is 6.66. The number of benzene rings is 1. The molecule has 0 amide bonds. The predicted octanol–water partition coefficient (Wildman–Crippen LogP) is 5.18. The van der Waals surface area contributed by atoms with Crippen LogP contribution in [0.15, 0.2) is 41.0 Å². The van der Waals surface area contributed by atoms with E-state index >= 15 is 0 Å². The second-order valence-corrected chi connectivity index (χ2v) is 7.11. The van der Waals surface area contributed by atoms with Gasteiger partial charge in [-0.1, -0.05) is 27.5 Å². The quantitative estimate of drug-likeness (QED) is 0.806. The zero-order valence-electron chi connectivity index (χ0n) is 12.3. The first kappa shape index (κ1) is 16.3. The zero-order chi connectivity index (χ0) is 15.5. The van der Waals surface area contributed by atoms with Crippen LogP contribution >= 0.6 is 27.5 Å². The van der Waals surface area contributed by atoms with Crippen LogP contribution in [0.25, 0.3) is 0 Å². The van der Waals surface area contributed by atoms with Gasteiger partial charge in [0, 0.05) is 28.8 Å². The Kier molecular flexibility index (Phi) is 5.25. The van der Waals surface area contributed by atoms with Crippen LogP contribution < -0.4 is 10.1 Å². The first-order chi connectivity index (χ1) is 9.83. The van der Waals surface area contributed by atoms with Gasteiger partial charge in [0.1, 0.15) is 5.75 Å². The smallest absolute Gasteiger partial charge is 0.219 e. The van der Waals surface area contributed by atoms with E-state index in [1.165, 1.54) is 0 Å². The highest BCUT2D eigenvalue weighted by Crippen LogP contribution is 2.31. The summed E-state index contributed by atoms with van der Waals surface area (Å²) in [7, 11) is 0. The third-order valence-corrected chi connectivity index (χ3v) is 3.52. The Bertz CT molecular complexity index is 626. The fourth-order valence-corrected chi connectivity index (χ4v) is 2.37. The SMILES string of the molecule is CC(C)(C)NCc1ccnc(Oc2ccc(Br)cc2Cl)c1. The summed E-state index contributed by atoms with van der Waals surface area (Å²) in [5, 5.41) is 3.98. The van der Waals surface area contributed by atoms with Gasteiger partial charge in [0.15, 0.2) is 0 Å². The molecule has 2 aromatic rings. The molecule has 0 fully saturated rings. The largest absolute Gasteiger partial charge is 0.437 e. The summed E-state index contributed by atoms with van der Waals surface area (Å²) in [4.78, 5) is 4.22. The van der Waals surface area contributed by atoms with Crippen LogP contribution in [0.5, 0.6) is 11.6 Å². The summed E-state index contributed by atoms with van der Waals surface area (Å²) in [6.45, 7) is 7.16. The Balaban J connectivity index is 2.10. The molecule has 1 heterocycles. The normalized spacial score (nSPS) is 11.5. The van der Waals surface area contributed by atoms with Crippen molar-refractivity contribution in [2.45, 2.75) is 32.9 Å². The van der Waals surface area contributed by atoms with Gasteiger partial charge in [-0.2, -0.15) is 0 Å². The highest BCUT2D eigenvalue weighted by molar-refractivity contribution is 9.10. The van der Waals surface area contributed by atoms with Gasteiger partial charge in [0.2, 0.25) is 5.88 Å². The molecule has 0 aliphatic heterocycles. The van der Waals surface area contributed by atoms with Crippen LogP contribution in [-0.2, 0) is 6.54 Å². The predicted molar refractivity (Wildman–Crippen MR) is 90.1 cm³/mol. The number of ether oxygens (including phenoxy) is 1. The van der Waals surface area contributed by atoms with Gasteiger partial charge in [-0.05, 0) is 50.6 Å². The van der Waals surface area contributed by atoms with Gasteiger partial charge in [-0.25, -0.2) is 4.98 Å². The van der Waals surface area contributed by atoms with E-state index in [-0.39, 0.29) is 5.54 Å². The fourth-order valence-electron chi connectivity index (χ4n) is 1.65. The average Bonchev–Trinajstić information content (AvgIpc) is 2.39. The molecule has 3 nitrogen and oxygen atoms in total. The number of nitrogens with one attached hydrogen (secondary N) is 1. The van der Waals surface area contributed by atoms with Gasteiger partial charge in [0.25, 0.3) is 0 Å². The standard InChI is InChI=1S/C16H18BrClN2O/c1-16(2,3)20-10-11-6-7-19-15(8-11)21-14-5-4-12(17)9-13(14)18/h4-9,20H,10H2,1-3H3. The van der Waals surface area contributed by atoms with E-state index in [0.717, 1.165) is 16.6 Å². The van der Waals surface area contributed by atoms with Crippen molar-refractivity contribution >= 4 is 27.5 Å². The maximum Gasteiger partial charge on any atom is 0.219 e. The lowest BCUT2D eigenvalue weighted by Crippen LogP contribution is -2.35. The van der Waals surface area contributed by atoms with E-state index < -0.39 is 0 Å². The zero-order valence-corrected chi connectivity index (χ0v) is 14.6. The summed E-state index contributed by atoms with van der Waals surface area (Å²) in [6.07, 6.45) is 1.74. The van der Waals surface area contributed by atoms with Crippen molar-refractivity contribution in [2.75, 3.05) is 0 Å². The second kappa shape index (κ2) is 6.77. The van der Waals surface area contributed by atoms with Crippen LogP contribution in [0.1, 0.15) is 26.3 Å². The van der Waals surface area contributed by atoms with E-state index in [2.05, 4.69) is 47.0 Å². The Hall–Kier alpha value is -1.10. The first-order valence-corrected chi connectivity index (χ1v) is 7.83. The molecule has 0 saturated heterocycles. The van der Waals surface area contributed by atoms with E-state index in [4.69, 9.17) is 16.3 Å². The van der Waals surface area contributed by atoms with Crippen LogP contribution in [0.4, 0.5) is 0 Å². The molecule has 0 unspecified atom stereocenters. The van der Waals surface area contributed by atoms with Crippen molar-refractivity contribution in [3.8, 4) is 11.6 Å². The van der Waals surface area contributed by atoms with Gasteiger partial charge >= 0.3 is 0 Å². The van der Waals surface area contributed by atoms with E-state index in [1.54, 1.807) is 12.3 Å². The van der Waals surface area contributed by atoms with Crippen molar-refractivity contribution in [2.24, 2.45) is 0 Å². The molecular weight excluding hydrogens is 352 g/mol. The Morgan fingerprint density at radius 1 is 1.24 bits per heavy atom. The lowest BCUT2D eigenvalue weighted by atomic mass is 10.1. The topological polar surface area (TPSA) is 34.2 Å². The lowest BCUT2D eigenvalue weighted by Gasteiger charge is -2.20. The summed E-state index contributed by atoms with van der Waals surface area (Å²) in [5.74, 6) is 1.13. The van der Waals surface area contributed by atoms with Gasteiger partial charge in [0.05, 0.1) is 5.02 Å². The molecular formula is C16H18BrClN2O. The molecule has 112 valence electrons. The van der Waals surface area contributed by atoms with E-state index in [9.17, 15) is 0 Å². The monoisotopic (exact) mass is 368 g/mol. The van der Waals surface area contributed by atoms with Crippen molar-refractivity contribution in [1.82, 2.24) is 10.3 Å². The maximum absolute atomic E-state index is 6.15. The van der Waals surface area contributed by atoms with Crippen molar-refractivity contribution in [3.05, 3.63) is 51.6 Å². The van der Waals surface area contributed by atoms with Crippen molar-refractivity contribution < 1.29 is 4.74 Å². The molecule has 0 aliphatic carbocycles. The molecule has 5 heteroatoms. The summed E-state index contributed by atoms with van der Waals surface area (Å²) >= 11 is 9.51. The molecule has 0 atom stereocenters. The molecule has 0 radical (unpaired) electrons. The average molecular weight is 370 g/mol. The minimum absolute atomic E-state index is 0.0688. The number of hydrogen-bond donors (Lipinski definition) is 1. The van der Waals surface area contributed by atoms with E-state index in [1.807, 2.05) is 24.3 Å². The third kappa shape index (κ3) is 5.30. The number of hydrogen-bond acceptors (Lipinski definition) is 3. The third-order valence-electron chi connectivity index (χ3n) is 2.73. The highest BCUT2D eigenvalue weighted by atomic mass is 79.9. The maximum atomic E-state index is 6.15. The van der Waals surface area contributed by atoms with Crippen LogP contribution in [0.3, 0.4) is 0 Å². The van der Waals surface area contributed by atoms with Gasteiger partial charge in [-0.3, -0.25) is 0 Å². The second-order valence-electron chi connectivity index (χ2n) is 5.78. The fraction of sp³-hybridized carbons (Fsp3) is 0.312. The van der Waals surface area contributed by atoms with Crippen molar-refractivity contribution in [3.63, 3.8) is 0 Å². The van der Waals surface area contributed by atoms with Crippen LogP contribution in [-0.4, -0.2) is 10.5 Å². The summed E-state index contributed by atoms with van der Waals surface area (Å²) in [6, 6.07) is 9.37. The Morgan fingerprint density at radius 3 is 2.67 bits per heavy atom. The Labute approximate surface area is 138 Å². The molecule has 0 spiro atoms. The minimum Gasteiger partial charge on any atom is -0.437 e. The number of pyridine rings is 1. The molecule has 1 aromatic carbocycles. The van der Waals surface area contributed by atoms with Crippen LogP contribution in [0.2, 0.25) is 5.02 Å². The van der Waals surface area contributed by atoms with E-state index in [0.29, 0.717) is 16.7 Å². The molecule has 0 aliphatic rings. The van der Waals surface area contributed by atoms with Gasteiger partial charge in [-0.15, -0.1) is 0 Å². The minimum atomic E-state index is 0.0688. The molecule has 1 aromatic heterocycles. The molecule has 0 bridgehead atoms. The van der Waals surface area contributed by atoms with Crippen molar-refractivity contribution in [1.29, 1.82) is 0 Å². The molecule has 21 heavy (non-hydrogen) atoms. The summed E-state index contributed by atoms with van der Waals surface area (Å²) < 4.78 is 6.66. The molecule has 1 N–H and O–H groups in total. The number of rotatable bonds is 4.